The molecule has 0 aliphatic carbocycles. The van der Waals surface area contributed by atoms with Crippen molar-refractivity contribution in [3.8, 4) is 0 Å². The Morgan fingerprint density at radius 2 is 1.88 bits per heavy atom. The molecule has 0 atom stereocenters. The predicted octanol–water partition coefficient (Wildman–Crippen LogP) is 0.842. The molecule has 5 heterocycles. The molecule has 0 amide bonds. The van der Waals surface area contributed by atoms with Gasteiger partial charge in [0.1, 0.15) is 5.82 Å². The molecular formula is C17H23N9. The second-order valence-electron chi connectivity index (χ2n) is 7.29. The average molecular weight is 353 g/mol. The van der Waals surface area contributed by atoms with Crippen molar-refractivity contribution in [3.63, 3.8) is 0 Å². The fourth-order valence-electron chi connectivity index (χ4n) is 3.81. The lowest BCUT2D eigenvalue weighted by Crippen LogP contribution is -2.38. The van der Waals surface area contributed by atoms with E-state index in [0.717, 1.165) is 68.5 Å². The first-order valence-electron chi connectivity index (χ1n) is 9.31. The van der Waals surface area contributed by atoms with Crippen LogP contribution in [0.5, 0.6) is 0 Å². The zero-order valence-corrected chi connectivity index (χ0v) is 15.0. The van der Waals surface area contributed by atoms with Gasteiger partial charge in [0.25, 0.3) is 0 Å². The van der Waals surface area contributed by atoms with Crippen LogP contribution < -0.4 is 4.90 Å². The Kier molecular flexibility index (Phi) is 3.81. The van der Waals surface area contributed by atoms with Crippen molar-refractivity contribution in [1.29, 1.82) is 0 Å². The molecule has 2 aliphatic rings. The molecule has 3 aromatic rings. The maximum atomic E-state index is 4.80. The first kappa shape index (κ1) is 15.7. The van der Waals surface area contributed by atoms with Crippen molar-refractivity contribution in [2.75, 3.05) is 31.1 Å². The molecule has 9 nitrogen and oxygen atoms in total. The van der Waals surface area contributed by atoms with Gasteiger partial charge in [-0.25, -0.2) is 0 Å². The summed E-state index contributed by atoms with van der Waals surface area (Å²) in [5, 5.41) is 21.8. The van der Waals surface area contributed by atoms with Crippen molar-refractivity contribution in [3.05, 3.63) is 29.8 Å². The van der Waals surface area contributed by atoms with Crippen LogP contribution in [0.1, 0.15) is 36.7 Å². The average Bonchev–Trinajstić information content (AvgIpc) is 3.20. The first-order chi connectivity index (χ1) is 12.8. The van der Waals surface area contributed by atoms with E-state index in [1.54, 1.807) is 4.68 Å². The quantitative estimate of drug-likeness (QED) is 0.688. The number of nitrogens with zero attached hydrogens (tertiary/aromatic N) is 9. The minimum Gasteiger partial charge on any atom is -0.355 e. The molecule has 0 unspecified atom stereocenters. The van der Waals surface area contributed by atoms with Crippen LogP contribution in [0.25, 0.3) is 5.65 Å². The first-order valence-corrected chi connectivity index (χ1v) is 9.31. The van der Waals surface area contributed by atoms with Gasteiger partial charge in [0.15, 0.2) is 11.5 Å². The number of rotatable bonds is 4. The lowest BCUT2D eigenvalue weighted by molar-refractivity contribution is 0.199. The van der Waals surface area contributed by atoms with Crippen molar-refractivity contribution in [2.24, 2.45) is 7.05 Å². The van der Waals surface area contributed by atoms with Crippen LogP contribution in [0.3, 0.4) is 0 Å². The number of likely N-dealkylation sites (tertiary alicyclic amines) is 1. The van der Waals surface area contributed by atoms with E-state index < -0.39 is 0 Å². The molecule has 26 heavy (non-hydrogen) atoms. The van der Waals surface area contributed by atoms with E-state index >= 15 is 0 Å². The highest BCUT2D eigenvalue weighted by atomic mass is 15.4. The number of anilines is 1. The molecule has 0 bridgehead atoms. The van der Waals surface area contributed by atoms with E-state index in [1.165, 1.54) is 6.42 Å². The van der Waals surface area contributed by atoms with Gasteiger partial charge in [-0.2, -0.15) is 4.52 Å². The molecule has 2 saturated heterocycles. The van der Waals surface area contributed by atoms with Crippen molar-refractivity contribution in [2.45, 2.75) is 31.7 Å². The summed E-state index contributed by atoms with van der Waals surface area (Å²) in [6.45, 7) is 5.11. The largest absolute Gasteiger partial charge is 0.355 e. The highest BCUT2D eigenvalue weighted by molar-refractivity contribution is 5.47. The smallest absolute Gasteiger partial charge is 0.178 e. The molecular weight excluding hydrogens is 330 g/mol. The molecule has 5 rings (SSSR count). The van der Waals surface area contributed by atoms with Gasteiger partial charge in [0.05, 0.1) is 5.69 Å². The summed E-state index contributed by atoms with van der Waals surface area (Å²) in [4.78, 5) is 4.73. The minimum absolute atomic E-state index is 0.405. The fraction of sp³-hybridized carbons (Fsp3) is 0.588. The number of hydrogen-bond acceptors (Lipinski definition) is 7. The molecule has 0 aromatic carbocycles. The lowest BCUT2D eigenvalue weighted by Gasteiger charge is -2.32. The van der Waals surface area contributed by atoms with Gasteiger partial charge in [-0.15, -0.1) is 20.4 Å². The summed E-state index contributed by atoms with van der Waals surface area (Å²) in [6, 6.07) is 4.08. The third-order valence-electron chi connectivity index (χ3n) is 5.44. The van der Waals surface area contributed by atoms with Crippen LogP contribution in [0.2, 0.25) is 0 Å². The minimum atomic E-state index is 0.405. The van der Waals surface area contributed by atoms with Crippen molar-refractivity contribution >= 4 is 11.5 Å². The summed E-state index contributed by atoms with van der Waals surface area (Å²) in [5.41, 5.74) is 1.87. The van der Waals surface area contributed by atoms with E-state index in [9.17, 15) is 0 Å². The van der Waals surface area contributed by atoms with Gasteiger partial charge in [0, 0.05) is 38.8 Å². The summed E-state index contributed by atoms with van der Waals surface area (Å²) in [6.07, 6.45) is 5.37. The topological polar surface area (TPSA) is 80.3 Å². The third-order valence-corrected chi connectivity index (χ3v) is 5.44. The van der Waals surface area contributed by atoms with Crippen LogP contribution in [-0.4, -0.2) is 65.9 Å². The Morgan fingerprint density at radius 1 is 1.04 bits per heavy atom. The van der Waals surface area contributed by atoms with Crippen LogP contribution in [0.15, 0.2) is 18.3 Å². The number of fused-ring (bicyclic) bond motifs is 1. The standard InChI is InChI=1S/C17H23N9/c1-23-11-14(18-22-23)12-24-9-5-13(6-10-24)17-20-19-15-3-4-16(21-26(15)17)25-7-2-8-25/h3-4,11,13H,2,5-10,12H2,1H3. The molecule has 2 aliphatic heterocycles. The summed E-state index contributed by atoms with van der Waals surface area (Å²) in [5.74, 6) is 2.44. The van der Waals surface area contributed by atoms with Gasteiger partial charge in [0.2, 0.25) is 0 Å². The second kappa shape index (κ2) is 6.31. The normalized spacial score (nSPS) is 19.2. The van der Waals surface area contributed by atoms with Crippen LogP contribution >= 0.6 is 0 Å². The second-order valence-corrected chi connectivity index (χ2v) is 7.29. The SMILES string of the molecule is Cn1cc(CN2CCC(c3nnc4ccc(N5CCC5)nn34)CC2)nn1. The molecule has 2 fully saturated rings. The van der Waals surface area contributed by atoms with Gasteiger partial charge in [-0.1, -0.05) is 5.21 Å². The molecule has 0 spiro atoms. The summed E-state index contributed by atoms with van der Waals surface area (Å²) < 4.78 is 3.71. The van der Waals surface area contributed by atoms with Crippen molar-refractivity contribution < 1.29 is 0 Å². The Labute approximate surface area is 151 Å². The van der Waals surface area contributed by atoms with Crippen LogP contribution in [0, 0.1) is 0 Å². The Hall–Kier alpha value is -2.55. The Morgan fingerprint density at radius 3 is 2.58 bits per heavy atom. The molecule has 9 heteroatoms. The van der Waals surface area contributed by atoms with Gasteiger partial charge in [-0.05, 0) is 44.5 Å². The third kappa shape index (κ3) is 2.82. The zero-order chi connectivity index (χ0) is 17.5. The summed E-state index contributed by atoms with van der Waals surface area (Å²) in [7, 11) is 1.90. The molecule has 136 valence electrons. The predicted molar refractivity (Wildman–Crippen MR) is 95.9 cm³/mol. The molecule has 0 radical (unpaired) electrons. The van der Waals surface area contributed by atoms with Crippen molar-refractivity contribution in [1.82, 2.24) is 39.7 Å². The van der Waals surface area contributed by atoms with Crippen LogP contribution in [0.4, 0.5) is 5.82 Å². The number of hydrogen-bond donors (Lipinski definition) is 0. The fourth-order valence-corrected chi connectivity index (χ4v) is 3.81. The highest BCUT2D eigenvalue weighted by Gasteiger charge is 2.26. The number of piperidine rings is 1. The van der Waals surface area contributed by atoms with Crippen LogP contribution in [-0.2, 0) is 13.6 Å². The Balaban J connectivity index is 1.30. The van der Waals surface area contributed by atoms with Gasteiger partial charge >= 0.3 is 0 Å². The van der Waals surface area contributed by atoms with Gasteiger partial charge < -0.3 is 4.90 Å². The Bertz CT molecular complexity index is 902. The molecule has 0 N–H and O–H groups in total. The van der Waals surface area contributed by atoms with E-state index in [-0.39, 0.29) is 0 Å². The summed E-state index contributed by atoms with van der Waals surface area (Å²) >= 11 is 0. The van der Waals surface area contributed by atoms with E-state index in [4.69, 9.17) is 5.10 Å². The molecule has 3 aromatic heterocycles. The maximum absolute atomic E-state index is 4.80. The number of aryl methyl sites for hydroxylation is 1. The lowest BCUT2D eigenvalue weighted by atomic mass is 9.96. The zero-order valence-electron chi connectivity index (χ0n) is 15.0. The van der Waals surface area contributed by atoms with E-state index in [1.807, 2.05) is 23.8 Å². The maximum Gasteiger partial charge on any atom is 0.178 e. The van der Waals surface area contributed by atoms with E-state index in [2.05, 4.69) is 36.4 Å². The highest BCUT2D eigenvalue weighted by Crippen LogP contribution is 2.28. The van der Waals surface area contributed by atoms with Gasteiger partial charge in [-0.3, -0.25) is 9.58 Å². The van der Waals surface area contributed by atoms with E-state index in [0.29, 0.717) is 5.92 Å². The monoisotopic (exact) mass is 353 g/mol. The molecule has 0 saturated carbocycles. The number of aromatic nitrogens is 7.